The summed E-state index contributed by atoms with van der Waals surface area (Å²) >= 11 is 0. The van der Waals surface area contributed by atoms with Gasteiger partial charge in [0.25, 0.3) is 12.0 Å². The van der Waals surface area contributed by atoms with Crippen molar-refractivity contribution in [2.24, 2.45) is 0 Å². The van der Waals surface area contributed by atoms with Gasteiger partial charge in [-0.1, -0.05) is 6.07 Å². The van der Waals surface area contributed by atoms with Gasteiger partial charge in [-0.05, 0) is 62.6 Å². The zero-order valence-electron chi connectivity index (χ0n) is 21.4. The van der Waals surface area contributed by atoms with Gasteiger partial charge in [-0.2, -0.15) is 0 Å². The van der Waals surface area contributed by atoms with Gasteiger partial charge in [-0.15, -0.1) is 0 Å². The summed E-state index contributed by atoms with van der Waals surface area (Å²) in [5.41, 5.74) is 0.0100. The Hall–Kier alpha value is -3.89. The van der Waals surface area contributed by atoms with E-state index >= 15 is 0 Å². The fraction of sp³-hybridized carbons (Fsp3) is 0.444. The highest BCUT2D eigenvalue weighted by atomic mass is 19.3. The van der Waals surface area contributed by atoms with Crippen LogP contribution in [-0.4, -0.2) is 59.8 Å². The standard InChI is InChI=1S/C27H31F2N3O6/c1-3-36-23-8-5-18(13-24(23)37-4-2)15-31-26(34)21-14-20(38-16-25(28)29)6-7-22(21)32(27(31)35)19-9-11-30(17-33)12-10-19/h5-8,13-14,17,19,25H,3-4,9-12,15-16H2,1-2H3. The average molecular weight is 532 g/mol. The first-order valence-electron chi connectivity index (χ1n) is 12.6. The van der Waals surface area contributed by atoms with Crippen molar-refractivity contribution in [2.45, 2.75) is 45.7 Å². The van der Waals surface area contributed by atoms with Crippen molar-refractivity contribution in [1.82, 2.24) is 14.0 Å². The van der Waals surface area contributed by atoms with Gasteiger partial charge in [-0.25, -0.2) is 13.6 Å². The van der Waals surface area contributed by atoms with Crippen LogP contribution in [0.5, 0.6) is 17.2 Å². The lowest BCUT2D eigenvalue weighted by atomic mass is 10.0. The smallest absolute Gasteiger partial charge is 0.332 e. The minimum absolute atomic E-state index is 0.0324. The molecule has 3 aromatic rings. The van der Waals surface area contributed by atoms with E-state index in [1.165, 1.54) is 12.1 Å². The van der Waals surface area contributed by atoms with Crippen LogP contribution < -0.4 is 25.5 Å². The molecule has 4 rings (SSSR count). The molecule has 0 N–H and O–H groups in total. The normalized spacial score (nSPS) is 14.2. The number of ether oxygens (including phenoxy) is 3. The van der Waals surface area contributed by atoms with Crippen molar-refractivity contribution in [3.63, 3.8) is 0 Å². The van der Waals surface area contributed by atoms with E-state index in [9.17, 15) is 23.2 Å². The molecule has 2 aromatic carbocycles. The molecule has 1 aliphatic rings. The zero-order valence-corrected chi connectivity index (χ0v) is 21.4. The fourth-order valence-electron chi connectivity index (χ4n) is 4.73. The summed E-state index contributed by atoms with van der Waals surface area (Å²) in [5.74, 6) is 1.18. The SMILES string of the molecule is CCOc1ccc(Cn2c(=O)c3cc(OCC(F)F)ccc3n(C3CCN(C=O)CC3)c2=O)cc1OCC. The number of carbonyl (C=O) groups excluding carboxylic acids is 1. The summed E-state index contributed by atoms with van der Waals surface area (Å²) in [4.78, 5) is 40.2. The molecule has 38 heavy (non-hydrogen) atoms. The van der Waals surface area contributed by atoms with Crippen LogP contribution in [0.1, 0.15) is 38.3 Å². The summed E-state index contributed by atoms with van der Waals surface area (Å²) in [5, 5.41) is 0.185. The predicted octanol–water partition coefficient (Wildman–Crippen LogP) is 3.45. The minimum Gasteiger partial charge on any atom is -0.490 e. The average Bonchev–Trinajstić information content (AvgIpc) is 2.92. The molecule has 0 spiro atoms. The lowest BCUT2D eigenvalue weighted by Gasteiger charge is -2.31. The number of hydrogen-bond donors (Lipinski definition) is 0. The summed E-state index contributed by atoms with van der Waals surface area (Å²) < 4.78 is 44.6. The van der Waals surface area contributed by atoms with Gasteiger partial charge in [-0.3, -0.25) is 18.7 Å². The van der Waals surface area contributed by atoms with E-state index < -0.39 is 24.3 Å². The highest BCUT2D eigenvalue weighted by molar-refractivity contribution is 5.80. The van der Waals surface area contributed by atoms with E-state index in [4.69, 9.17) is 14.2 Å². The molecule has 0 aliphatic carbocycles. The van der Waals surface area contributed by atoms with Crippen LogP contribution in [0.25, 0.3) is 10.9 Å². The van der Waals surface area contributed by atoms with Gasteiger partial charge in [0.1, 0.15) is 12.4 Å². The summed E-state index contributed by atoms with van der Waals surface area (Å²) in [6, 6.07) is 9.42. The molecule has 1 aliphatic heterocycles. The number of amides is 1. The van der Waals surface area contributed by atoms with Crippen molar-refractivity contribution >= 4 is 17.3 Å². The number of nitrogens with zero attached hydrogens (tertiary/aromatic N) is 3. The largest absolute Gasteiger partial charge is 0.490 e. The predicted molar refractivity (Wildman–Crippen MR) is 138 cm³/mol. The maximum absolute atomic E-state index is 13.8. The number of halogens is 2. The molecule has 0 saturated carbocycles. The monoisotopic (exact) mass is 531 g/mol. The molecule has 0 bridgehead atoms. The van der Waals surface area contributed by atoms with E-state index in [0.717, 1.165) is 11.0 Å². The Balaban J connectivity index is 1.82. The molecular weight excluding hydrogens is 500 g/mol. The fourth-order valence-corrected chi connectivity index (χ4v) is 4.73. The number of alkyl halides is 2. The molecule has 0 unspecified atom stereocenters. The van der Waals surface area contributed by atoms with Gasteiger partial charge in [0.15, 0.2) is 11.5 Å². The number of carbonyl (C=O) groups is 1. The number of benzene rings is 2. The van der Waals surface area contributed by atoms with Crippen LogP contribution in [-0.2, 0) is 11.3 Å². The molecule has 2 heterocycles. The lowest BCUT2D eigenvalue weighted by Crippen LogP contribution is -2.44. The molecule has 1 aromatic heterocycles. The van der Waals surface area contributed by atoms with Gasteiger partial charge >= 0.3 is 5.69 Å². The first-order valence-corrected chi connectivity index (χ1v) is 12.6. The van der Waals surface area contributed by atoms with Crippen LogP contribution in [0.4, 0.5) is 8.78 Å². The summed E-state index contributed by atoms with van der Waals surface area (Å²) in [7, 11) is 0. The molecule has 0 atom stereocenters. The van der Waals surface area contributed by atoms with Crippen molar-refractivity contribution in [1.29, 1.82) is 0 Å². The summed E-state index contributed by atoms with van der Waals surface area (Å²) in [6.07, 6.45) is -0.814. The van der Waals surface area contributed by atoms with Crippen LogP contribution in [0.3, 0.4) is 0 Å². The third kappa shape index (κ3) is 5.81. The van der Waals surface area contributed by atoms with Crippen LogP contribution >= 0.6 is 0 Å². The van der Waals surface area contributed by atoms with E-state index in [1.54, 1.807) is 33.7 Å². The molecule has 0 radical (unpaired) electrons. The third-order valence-electron chi connectivity index (χ3n) is 6.48. The van der Waals surface area contributed by atoms with E-state index in [-0.39, 0.29) is 23.7 Å². The van der Waals surface area contributed by atoms with E-state index in [0.29, 0.717) is 61.7 Å². The van der Waals surface area contributed by atoms with Crippen LogP contribution in [0, 0.1) is 0 Å². The second-order valence-corrected chi connectivity index (χ2v) is 8.94. The van der Waals surface area contributed by atoms with Gasteiger partial charge < -0.3 is 19.1 Å². The first-order chi connectivity index (χ1) is 18.4. The Morgan fingerprint density at radius 2 is 1.68 bits per heavy atom. The van der Waals surface area contributed by atoms with Crippen LogP contribution in [0.2, 0.25) is 0 Å². The Labute approximate surface area is 218 Å². The number of likely N-dealkylation sites (tertiary alicyclic amines) is 1. The number of aromatic nitrogens is 2. The van der Waals surface area contributed by atoms with Crippen molar-refractivity contribution in [3.05, 3.63) is 62.8 Å². The number of fused-ring (bicyclic) bond motifs is 1. The maximum Gasteiger partial charge on any atom is 0.332 e. The zero-order chi connectivity index (χ0) is 27.2. The number of hydrogen-bond acceptors (Lipinski definition) is 6. The highest BCUT2D eigenvalue weighted by Crippen LogP contribution is 2.29. The number of rotatable bonds is 11. The Morgan fingerprint density at radius 1 is 0.974 bits per heavy atom. The highest BCUT2D eigenvalue weighted by Gasteiger charge is 2.25. The molecule has 9 nitrogen and oxygen atoms in total. The van der Waals surface area contributed by atoms with Crippen LogP contribution in [0.15, 0.2) is 46.0 Å². The molecule has 204 valence electrons. The van der Waals surface area contributed by atoms with Crippen molar-refractivity contribution in [2.75, 3.05) is 32.9 Å². The van der Waals surface area contributed by atoms with Gasteiger partial charge in [0, 0.05) is 19.1 Å². The third-order valence-corrected chi connectivity index (χ3v) is 6.48. The number of piperidine rings is 1. The second-order valence-electron chi connectivity index (χ2n) is 8.94. The van der Waals surface area contributed by atoms with Gasteiger partial charge in [0.05, 0.1) is 30.7 Å². The minimum atomic E-state index is -2.67. The summed E-state index contributed by atoms with van der Waals surface area (Å²) in [6.45, 7) is 4.69. The van der Waals surface area contributed by atoms with E-state index in [2.05, 4.69) is 0 Å². The second kappa shape index (κ2) is 12.1. The Bertz CT molecular complexity index is 1400. The molecule has 11 heteroatoms. The topological polar surface area (TPSA) is 92.0 Å². The maximum atomic E-state index is 13.8. The Morgan fingerprint density at radius 3 is 2.34 bits per heavy atom. The molecule has 1 saturated heterocycles. The van der Waals surface area contributed by atoms with Crippen molar-refractivity contribution in [3.8, 4) is 17.2 Å². The lowest BCUT2D eigenvalue weighted by molar-refractivity contribution is -0.119. The van der Waals surface area contributed by atoms with Crippen molar-refractivity contribution < 1.29 is 27.8 Å². The molecule has 1 fully saturated rings. The van der Waals surface area contributed by atoms with Gasteiger partial charge in [0.2, 0.25) is 6.41 Å². The van der Waals surface area contributed by atoms with E-state index in [1.807, 2.05) is 13.8 Å². The quantitative estimate of drug-likeness (QED) is 0.352. The first kappa shape index (κ1) is 27.2. The molecule has 1 amide bonds. The molecular formula is C27H31F2N3O6. The Kier molecular flexibility index (Phi) is 8.65.